The van der Waals surface area contributed by atoms with Gasteiger partial charge in [-0.05, 0) is 47.5 Å². The minimum atomic E-state index is -4.47. The van der Waals surface area contributed by atoms with E-state index in [0.29, 0.717) is 27.4 Å². The highest BCUT2D eigenvalue weighted by molar-refractivity contribution is 7.13. The molecule has 4 nitrogen and oxygen atoms in total. The molecule has 0 radical (unpaired) electrons. The summed E-state index contributed by atoms with van der Waals surface area (Å²) in [5, 5.41) is 4.62. The molecule has 1 amide bonds. The van der Waals surface area contributed by atoms with E-state index in [-0.39, 0.29) is 18.8 Å². The van der Waals surface area contributed by atoms with Crippen LogP contribution in [0.2, 0.25) is 0 Å². The first-order valence-electron chi connectivity index (χ1n) is 10.8. The number of hydrogen-bond acceptors (Lipinski definition) is 4. The molecular formula is C26H18F6N2O2S. The summed E-state index contributed by atoms with van der Waals surface area (Å²) in [5.41, 5.74) is 0.103. The molecule has 3 aromatic carbocycles. The Bertz CT molecular complexity index is 1380. The lowest BCUT2D eigenvalue weighted by atomic mass is 10.1. The maximum Gasteiger partial charge on any atom is 0.416 e. The highest BCUT2D eigenvalue weighted by Crippen LogP contribution is 2.31. The highest BCUT2D eigenvalue weighted by atomic mass is 32.1. The van der Waals surface area contributed by atoms with Crippen LogP contribution in [-0.4, -0.2) is 10.9 Å². The predicted octanol–water partition coefficient (Wildman–Crippen LogP) is 7.36. The summed E-state index contributed by atoms with van der Waals surface area (Å²) >= 11 is 1.20. The Morgan fingerprint density at radius 2 is 1.54 bits per heavy atom. The van der Waals surface area contributed by atoms with Gasteiger partial charge in [0.1, 0.15) is 23.1 Å². The molecule has 0 aliphatic rings. The van der Waals surface area contributed by atoms with Gasteiger partial charge in [0.25, 0.3) is 5.91 Å². The first-order chi connectivity index (χ1) is 17.5. The first kappa shape index (κ1) is 26.2. The summed E-state index contributed by atoms with van der Waals surface area (Å²) in [6, 6.07) is 16.2. The van der Waals surface area contributed by atoms with Gasteiger partial charge in [-0.1, -0.05) is 36.4 Å². The lowest BCUT2D eigenvalue weighted by molar-refractivity contribution is -0.138. The van der Waals surface area contributed by atoms with Gasteiger partial charge in [0.15, 0.2) is 0 Å². The largest absolute Gasteiger partial charge is 0.489 e. The van der Waals surface area contributed by atoms with E-state index in [1.54, 1.807) is 24.3 Å². The van der Waals surface area contributed by atoms with Crippen molar-refractivity contribution in [2.75, 3.05) is 0 Å². The van der Waals surface area contributed by atoms with Crippen molar-refractivity contribution in [3.05, 3.63) is 106 Å². The lowest BCUT2D eigenvalue weighted by Gasteiger charge is -2.10. The standard InChI is InChI=1S/C26H18F6N2O2S/c27-25(28,29)19-9-7-16(8-10-19)14-36-21-6-2-4-18(12-21)24-34-22(15-37-24)23(35)33-13-17-3-1-5-20(11-17)26(30,31)32/h1-12,15H,13-14H2,(H,33,35). The molecule has 0 unspecified atom stereocenters. The van der Waals surface area contributed by atoms with E-state index < -0.39 is 29.4 Å². The Morgan fingerprint density at radius 1 is 0.838 bits per heavy atom. The second kappa shape index (κ2) is 10.6. The number of thiazole rings is 1. The molecule has 37 heavy (non-hydrogen) atoms. The summed E-state index contributed by atoms with van der Waals surface area (Å²) in [6.45, 7) is -0.0362. The Balaban J connectivity index is 1.37. The number of nitrogens with one attached hydrogen (secondary N) is 1. The Labute approximate surface area is 211 Å². The number of rotatable bonds is 7. The zero-order valence-electron chi connectivity index (χ0n) is 18.9. The summed E-state index contributed by atoms with van der Waals surface area (Å²) in [5.74, 6) is -0.0715. The van der Waals surface area contributed by atoms with E-state index in [1.807, 2.05) is 0 Å². The van der Waals surface area contributed by atoms with Crippen LogP contribution in [0.3, 0.4) is 0 Å². The smallest absolute Gasteiger partial charge is 0.416 e. The van der Waals surface area contributed by atoms with E-state index in [1.165, 1.54) is 41.0 Å². The van der Waals surface area contributed by atoms with Crippen LogP contribution >= 0.6 is 11.3 Å². The molecule has 4 rings (SSSR count). The number of carbonyl (C=O) groups is 1. The van der Waals surface area contributed by atoms with Crippen LogP contribution in [0.5, 0.6) is 5.75 Å². The maximum atomic E-state index is 12.9. The van der Waals surface area contributed by atoms with E-state index in [9.17, 15) is 31.1 Å². The van der Waals surface area contributed by atoms with Gasteiger partial charge in [0.05, 0.1) is 11.1 Å². The number of halogens is 6. The van der Waals surface area contributed by atoms with Crippen LogP contribution in [0.25, 0.3) is 10.6 Å². The summed E-state index contributed by atoms with van der Waals surface area (Å²) < 4.78 is 82.4. The van der Waals surface area contributed by atoms with Crippen molar-refractivity contribution >= 4 is 17.2 Å². The van der Waals surface area contributed by atoms with Crippen LogP contribution < -0.4 is 10.1 Å². The molecule has 1 N–H and O–H groups in total. The summed E-state index contributed by atoms with van der Waals surface area (Å²) in [7, 11) is 0. The fourth-order valence-corrected chi connectivity index (χ4v) is 4.11. The zero-order valence-corrected chi connectivity index (χ0v) is 19.7. The van der Waals surface area contributed by atoms with Gasteiger partial charge >= 0.3 is 12.4 Å². The Hall–Kier alpha value is -3.86. The number of benzene rings is 3. The molecule has 4 aromatic rings. The van der Waals surface area contributed by atoms with Gasteiger partial charge in [-0.3, -0.25) is 4.79 Å². The topological polar surface area (TPSA) is 51.2 Å². The summed E-state index contributed by atoms with van der Waals surface area (Å²) in [4.78, 5) is 16.8. The van der Waals surface area contributed by atoms with Crippen molar-refractivity contribution in [1.82, 2.24) is 10.3 Å². The molecule has 0 aliphatic heterocycles. The van der Waals surface area contributed by atoms with Gasteiger partial charge in [0.2, 0.25) is 0 Å². The zero-order chi connectivity index (χ0) is 26.6. The maximum absolute atomic E-state index is 12.9. The number of alkyl halides is 6. The van der Waals surface area contributed by atoms with Crippen LogP contribution in [0.1, 0.15) is 32.7 Å². The van der Waals surface area contributed by atoms with Crippen molar-refractivity contribution < 1.29 is 35.9 Å². The summed E-state index contributed by atoms with van der Waals surface area (Å²) in [6.07, 6.45) is -8.88. The normalized spacial score (nSPS) is 11.8. The molecule has 0 spiro atoms. The quantitative estimate of drug-likeness (QED) is 0.251. The molecule has 0 atom stereocenters. The molecule has 1 aromatic heterocycles. The molecule has 0 aliphatic carbocycles. The molecule has 192 valence electrons. The average Bonchev–Trinajstić information content (AvgIpc) is 3.36. The molecular weight excluding hydrogens is 518 g/mol. The number of amides is 1. The van der Waals surface area contributed by atoms with Crippen LogP contribution in [0.4, 0.5) is 26.3 Å². The highest BCUT2D eigenvalue weighted by Gasteiger charge is 2.31. The number of aromatic nitrogens is 1. The Morgan fingerprint density at radius 3 is 2.24 bits per heavy atom. The van der Waals surface area contributed by atoms with Gasteiger partial charge in [0, 0.05) is 17.5 Å². The molecule has 0 saturated carbocycles. The molecule has 0 fully saturated rings. The van der Waals surface area contributed by atoms with E-state index in [4.69, 9.17) is 4.74 Å². The minimum Gasteiger partial charge on any atom is -0.489 e. The number of hydrogen-bond donors (Lipinski definition) is 1. The fourth-order valence-electron chi connectivity index (χ4n) is 3.32. The first-order valence-corrected chi connectivity index (χ1v) is 11.7. The average molecular weight is 536 g/mol. The van der Waals surface area contributed by atoms with E-state index >= 15 is 0 Å². The van der Waals surface area contributed by atoms with Gasteiger partial charge in [-0.2, -0.15) is 26.3 Å². The van der Waals surface area contributed by atoms with Crippen LogP contribution in [-0.2, 0) is 25.5 Å². The Kier molecular flexibility index (Phi) is 7.53. The molecule has 11 heteroatoms. The SMILES string of the molecule is O=C(NCc1cccc(C(F)(F)F)c1)c1csc(-c2cccc(OCc3ccc(C(F)(F)F)cc3)c2)n1. The number of ether oxygens (including phenoxy) is 1. The minimum absolute atomic E-state index is 0.0582. The third-order valence-corrected chi connectivity index (χ3v) is 6.10. The van der Waals surface area contributed by atoms with Crippen molar-refractivity contribution in [2.45, 2.75) is 25.5 Å². The van der Waals surface area contributed by atoms with Gasteiger partial charge < -0.3 is 10.1 Å². The van der Waals surface area contributed by atoms with Crippen molar-refractivity contribution in [3.63, 3.8) is 0 Å². The van der Waals surface area contributed by atoms with Crippen LogP contribution in [0.15, 0.2) is 78.2 Å². The van der Waals surface area contributed by atoms with Crippen molar-refractivity contribution in [1.29, 1.82) is 0 Å². The van der Waals surface area contributed by atoms with Gasteiger partial charge in [-0.25, -0.2) is 4.98 Å². The molecule has 0 saturated heterocycles. The van der Waals surface area contributed by atoms with E-state index in [0.717, 1.165) is 24.3 Å². The fraction of sp³-hybridized carbons (Fsp3) is 0.154. The predicted molar refractivity (Wildman–Crippen MR) is 126 cm³/mol. The number of carbonyl (C=O) groups excluding carboxylic acids is 1. The third kappa shape index (κ3) is 6.88. The molecule has 1 heterocycles. The number of nitrogens with zero attached hydrogens (tertiary/aromatic N) is 1. The monoisotopic (exact) mass is 536 g/mol. The second-order valence-electron chi connectivity index (χ2n) is 7.93. The van der Waals surface area contributed by atoms with Crippen LogP contribution in [0, 0.1) is 0 Å². The molecule has 0 bridgehead atoms. The third-order valence-electron chi connectivity index (χ3n) is 5.21. The lowest BCUT2D eigenvalue weighted by Crippen LogP contribution is -2.23. The van der Waals surface area contributed by atoms with Gasteiger partial charge in [-0.15, -0.1) is 11.3 Å². The second-order valence-corrected chi connectivity index (χ2v) is 8.79. The van der Waals surface area contributed by atoms with Crippen molar-refractivity contribution in [3.8, 4) is 16.3 Å². The van der Waals surface area contributed by atoms with E-state index in [2.05, 4.69) is 10.3 Å². The van der Waals surface area contributed by atoms with Crippen molar-refractivity contribution in [2.24, 2.45) is 0 Å².